The Hall–Kier alpha value is -3.04. The number of nitrogens with one attached hydrogen (secondary N) is 2. The van der Waals surface area contributed by atoms with Crippen LogP contribution in [0.1, 0.15) is 16.8 Å². The minimum Gasteiger partial charge on any atom is -0.484 e. The van der Waals surface area contributed by atoms with E-state index in [1.807, 2.05) is 0 Å². The summed E-state index contributed by atoms with van der Waals surface area (Å²) in [6.07, 6.45) is 0. The number of hydrogen-bond acceptors (Lipinski definition) is 5. The summed E-state index contributed by atoms with van der Waals surface area (Å²) in [6, 6.07) is 12.6. The summed E-state index contributed by atoms with van der Waals surface area (Å²) in [7, 11) is 0. The maximum absolute atomic E-state index is 13.0. The lowest BCUT2D eigenvalue weighted by Gasteiger charge is -2.12. The smallest absolute Gasteiger partial charge is 0.263 e. The predicted octanol–water partition coefficient (Wildman–Crippen LogP) is 3.76. The van der Waals surface area contributed by atoms with E-state index in [9.17, 15) is 14.0 Å². The Balaban J connectivity index is 1.37. The van der Waals surface area contributed by atoms with Crippen molar-refractivity contribution in [2.45, 2.75) is 24.6 Å². The standard InChI is InChI=1S/C22H20ClFN4O3S/c23-15-3-7-17(8-4-15)31-11-21(30)26-22-18-12-32-13-19(18)27-28(22)10-20(29)25-9-14-1-5-16(24)6-2-14/h1-8H,9-13H2,(H,25,29)(H,26,30). The Morgan fingerprint density at radius 2 is 1.84 bits per heavy atom. The van der Waals surface area contributed by atoms with Crippen molar-refractivity contribution in [1.29, 1.82) is 0 Å². The molecule has 0 fully saturated rings. The second-order valence-electron chi connectivity index (χ2n) is 7.12. The summed E-state index contributed by atoms with van der Waals surface area (Å²) < 4.78 is 20.0. The fraction of sp³-hybridized carbons (Fsp3) is 0.227. The zero-order valence-corrected chi connectivity index (χ0v) is 18.5. The normalized spacial score (nSPS) is 12.3. The van der Waals surface area contributed by atoms with Crippen LogP contribution in [-0.4, -0.2) is 28.2 Å². The maximum atomic E-state index is 13.0. The molecular weight excluding hydrogens is 455 g/mol. The van der Waals surface area contributed by atoms with Crippen molar-refractivity contribution in [2.24, 2.45) is 0 Å². The van der Waals surface area contributed by atoms with E-state index >= 15 is 0 Å². The molecule has 0 saturated heterocycles. The molecule has 0 unspecified atom stereocenters. The molecule has 2 aromatic carbocycles. The lowest BCUT2D eigenvalue weighted by atomic mass is 10.2. The van der Waals surface area contributed by atoms with E-state index in [0.717, 1.165) is 22.6 Å². The SMILES string of the molecule is O=C(Cn1nc2c(c1NC(=O)COc1ccc(Cl)cc1)CSC2)NCc1ccc(F)cc1. The van der Waals surface area contributed by atoms with E-state index in [1.54, 1.807) is 48.2 Å². The van der Waals surface area contributed by atoms with Gasteiger partial charge < -0.3 is 15.4 Å². The van der Waals surface area contributed by atoms with E-state index in [-0.39, 0.29) is 37.3 Å². The summed E-state index contributed by atoms with van der Waals surface area (Å²) in [4.78, 5) is 24.9. The van der Waals surface area contributed by atoms with E-state index in [4.69, 9.17) is 16.3 Å². The molecule has 1 aliphatic rings. The van der Waals surface area contributed by atoms with Gasteiger partial charge in [0.25, 0.3) is 5.91 Å². The number of benzene rings is 2. The lowest BCUT2D eigenvalue weighted by molar-refractivity contribution is -0.122. The molecule has 7 nitrogen and oxygen atoms in total. The number of carbonyl (C=O) groups is 2. The van der Waals surface area contributed by atoms with Gasteiger partial charge in [-0.1, -0.05) is 23.7 Å². The van der Waals surface area contributed by atoms with Crippen molar-refractivity contribution in [3.63, 3.8) is 0 Å². The first-order valence-corrected chi connectivity index (χ1v) is 11.4. The maximum Gasteiger partial charge on any atom is 0.263 e. The number of anilines is 1. The second kappa shape index (κ2) is 10.1. The fourth-order valence-electron chi connectivity index (χ4n) is 3.16. The minimum atomic E-state index is -0.354. The first kappa shape index (κ1) is 22.2. The monoisotopic (exact) mass is 474 g/mol. The Morgan fingerprint density at radius 3 is 2.59 bits per heavy atom. The van der Waals surface area contributed by atoms with Gasteiger partial charge in [-0.3, -0.25) is 9.59 Å². The predicted molar refractivity (Wildman–Crippen MR) is 121 cm³/mol. The average molecular weight is 475 g/mol. The largest absolute Gasteiger partial charge is 0.484 e. The van der Waals surface area contributed by atoms with Crippen LogP contribution < -0.4 is 15.4 Å². The summed E-state index contributed by atoms with van der Waals surface area (Å²) in [5.74, 6) is 1.52. The number of fused-ring (bicyclic) bond motifs is 1. The molecule has 32 heavy (non-hydrogen) atoms. The van der Waals surface area contributed by atoms with Crippen LogP contribution in [0.25, 0.3) is 0 Å². The van der Waals surface area contributed by atoms with Gasteiger partial charge in [0.1, 0.15) is 23.9 Å². The van der Waals surface area contributed by atoms with Crippen molar-refractivity contribution < 1.29 is 18.7 Å². The highest BCUT2D eigenvalue weighted by Crippen LogP contribution is 2.34. The van der Waals surface area contributed by atoms with Gasteiger partial charge in [0.05, 0.1) is 5.69 Å². The number of nitrogens with zero attached hydrogens (tertiary/aromatic N) is 2. The molecule has 166 valence electrons. The topological polar surface area (TPSA) is 85.2 Å². The third-order valence-electron chi connectivity index (χ3n) is 4.76. The molecule has 3 aromatic rings. The molecule has 0 aliphatic carbocycles. The number of hydrogen-bond donors (Lipinski definition) is 2. The number of aromatic nitrogens is 2. The van der Waals surface area contributed by atoms with Crippen molar-refractivity contribution in [3.05, 3.63) is 76.2 Å². The molecule has 0 saturated carbocycles. The van der Waals surface area contributed by atoms with Crippen LogP contribution in [0.3, 0.4) is 0 Å². The molecule has 1 aromatic heterocycles. The van der Waals surface area contributed by atoms with Crippen LogP contribution in [0.15, 0.2) is 48.5 Å². The van der Waals surface area contributed by atoms with Gasteiger partial charge in [0.2, 0.25) is 5.91 Å². The van der Waals surface area contributed by atoms with Crippen molar-refractivity contribution in [3.8, 4) is 5.75 Å². The van der Waals surface area contributed by atoms with Gasteiger partial charge >= 0.3 is 0 Å². The zero-order valence-electron chi connectivity index (χ0n) is 16.9. The van der Waals surface area contributed by atoms with Crippen LogP contribution in [0.4, 0.5) is 10.2 Å². The van der Waals surface area contributed by atoms with E-state index in [2.05, 4.69) is 15.7 Å². The second-order valence-corrected chi connectivity index (χ2v) is 8.54. The number of rotatable bonds is 8. The molecule has 0 bridgehead atoms. The number of thioether (sulfide) groups is 1. The molecule has 4 rings (SSSR count). The van der Waals surface area contributed by atoms with Crippen molar-refractivity contribution in [1.82, 2.24) is 15.1 Å². The van der Waals surface area contributed by atoms with Gasteiger partial charge in [0, 0.05) is 28.6 Å². The average Bonchev–Trinajstić information content (AvgIpc) is 3.35. The van der Waals surface area contributed by atoms with Crippen LogP contribution in [0.5, 0.6) is 5.75 Å². The van der Waals surface area contributed by atoms with Gasteiger partial charge in [-0.15, -0.1) is 0 Å². The summed E-state index contributed by atoms with van der Waals surface area (Å²) in [5.41, 5.74) is 2.56. The van der Waals surface area contributed by atoms with Gasteiger partial charge in [0.15, 0.2) is 6.61 Å². The first-order chi connectivity index (χ1) is 15.5. The molecule has 2 heterocycles. The highest BCUT2D eigenvalue weighted by Gasteiger charge is 2.25. The summed E-state index contributed by atoms with van der Waals surface area (Å²) in [6.45, 7) is 0.0323. The number of ether oxygens (including phenoxy) is 1. The van der Waals surface area contributed by atoms with Crippen molar-refractivity contribution in [2.75, 3.05) is 11.9 Å². The van der Waals surface area contributed by atoms with Crippen molar-refractivity contribution >= 4 is 41.0 Å². The number of amides is 2. The third-order valence-corrected chi connectivity index (χ3v) is 5.98. The van der Waals surface area contributed by atoms with Crippen LogP contribution >= 0.6 is 23.4 Å². The Kier molecular flexibility index (Phi) is 6.96. The Morgan fingerprint density at radius 1 is 1.09 bits per heavy atom. The van der Waals surface area contributed by atoms with E-state index in [0.29, 0.717) is 22.3 Å². The number of halogens is 2. The molecular formula is C22H20ClFN4O3S. The molecule has 0 atom stereocenters. The van der Waals surface area contributed by atoms with Gasteiger partial charge in [-0.2, -0.15) is 16.9 Å². The van der Waals surface area contributed by atoms with Gasteiger partial charge in [-0.05, 0) is 42.0 Å². The van der Waals surface area contributed by atoms with Gasteiger partial charge in [-0.25, -0.2) is 9.07 Å². The fourth-order valence-corrected chi connectivity index (χ4v) is 4.32. The van der Waals surface area contributed by atoms with Crippen LogP contribution in [-0.2, 0) is 34.2 Å². The Labute approximate surface area is 193 Å². The third kappa shape index (κ3) is 5.60. The minimum absolute atomic E-state index is 0.0491. The summed E-state index contributed by atoms with van der Waals surface area (Å²) in [5, 5.41) is 10.7. The quantitative estimate of drug-likeness (QED) is 0.519. The highest BCUT2D eigenvalue weighted by atomic mass is 35.5. The van der Waals surface area contributed by atoms with E-state index in [1.165, 1.54) is 16.8 Å². The van der Waals surface area contributed by atoms with Crippen LogP contribution in [0, 0.1) is 5.82 Å². The molecule has 0 spiro atoms. The van der Waals surface area contributed by atoms with Crippen LogP contribution in [0.2, 0.25) is 5.02 Å². The zero-order chi connectivity index (χ0) is 22.5. The summed E-state index contributed by atoms with van der Waals surface area (Å²) >= 11 is 7.55. The number of carbonyl (C=O) groups excluding carboxylic acids is 2. The first-order valence-electron chi connectivity index (χ1n) is 9.83. The molecule has 10 heteroatoms. The Bertz CT molecular complexity index is 1120. The lowest BCUT2D eigenvalue weighted by Crippen LogP contribution is -2.29. The van der Waals surface area contributed by atoms with E-state index < -0.39 is 0 Å². The molecule has 0 radical (unpaired) electrons. The molecule has 2 N–H and O–H groups in total. The highest BCUT2D eigenvalue weighted by molar-refractivity contribution is 7.98. The molecule has 1 aliphatic heterocycles. The molecule has 2 amide bonds.